The van der Waals surface area contributed by atoms with E-state index in [2.05, 4.69) is 25.8 Å². The number of aliphatic imine (C=N–C) groups is 1. The molecule has 1 unspecified atom stereocenters. The summed E-state index contributed by atoms with van der Waals surface area (Å²) in [5.41, 5.74) is 1.04. The van der Waals surface area contributed by atoms with E-state index in [0.29, 0.717) is 25.4 Å². The molecule has 2 aromatic rings. The summed E-state index contributed by atoms with van der Waals surface area (Å²) >= 11 is 0. The number of carbonyl (C=O) groups excluding carboxylic acids is 1. The second kappa shape index (κ2) is 14.0. The number of carbonyl (C=O) groups is 1. The molecule has 1 fully saturated rings. The maximum absolute atomic E-state index is 11.6. The molecule has 0 bridgehead atoms. The van der Waals surface area contributed by atoms with Crippen molar-refractivity contribution in [2.45, 2.75) is 32.4 Å². The number of likely N-dealkylation sites (tertiary alicyclic amines) is 1. The van der Waals surface area contributed by atoms with Crippen LogP contribution in [-0.2, 0) is 11.3 Å². The highest BCUT2D eigenvalue weighted by atomic mass is 127. The number of hydrogen-bond acceptors (Lipinski definition) is 5. The van der Waals surface area contributed by atoms with Gasteiger partial charge < -0.3 is 25.1 Å². The highest BCUT2D eigenvalue weighted by molar-refractivity contribution is 14.0. The summed E-state index contributed by atoms with van der Waals surface area (Å²) < 4.78 is 11.3. The summed E-state index contributed by atoms with van der Waals surface area (Å²) in [5, 5.41) is 9.49. The number of likely N-dealkylation sites (N-methyl/N-ethyl adjacent to an activating group) is 1. The van der Waals surface area contributed by atoms with Gasteiger partial charge in [-0.3, -0.25) is 14.7 Å². The van der Waals surface area contributed by atoms with Crippen LogP contribution in [0.1, 0.15) is 37.1 Å². The van der Waals surface area contributed by atoms with Crippen LogP contribution in [-0.4, -0.2) is 56.6 Å². The SMILES string of the molecule is CCNC(=O)COc1cccc(CNC(=NC)NCC(c2ccco2)N2CCCC2)c1.I. The Morgan fingerprint density at radius 3 is 2.69 bits per heavy atom. The highest BCUT2D eigenvalue weighted by Crippen LogP contribution is 2.24. The van der Waals surface area contributed by atoms with Gasteiger partial charge in [0, 0.05) is 26.7 Å². The highest BCUT2D eigenvalue weighted by Gasteiger charge is 2.25. The maximum Gasteiger partial charge on any atom is 0.257 e. The number of guanidine groups is 1. The zero-order valence-electron chi connectivity index (χ0n) is 18.8. The van der Waals surface area contributed by atoms with Crippen LogP contribution in [0.5, 0.6) is 5.75 Å². The molecule has 1 aromatic heterocycles. The summed E-state index contributed by atoms with van der Waals surface area (Å²) in [6.07, 6.45) is 4.18. The van der Waals surface area contributed by atoms with Gasteiger partial charge in [-0.15, -0.1) is 24.0 Å². The Balaban J connectivity index is 0.00000363. The van der Waals surface area contributed by atoms with Crippen molar-refractivity contribution in [3.63, 3.8) is 0 Å². The second-order valence-corrected chi connectivity index (χ2v) is 7.47. The molecule has 0 radical (unpaired) electrons. The normalized spacial score (nSPS) is 15.0. The summed E-state index contributed by atoms with van der Waals surface area (Å²) in [6.45, 7) is 5.96. The van der Waals surface area contributed by atoms with Crippen LogP contribution in [0.15, 0.2) is 52.1 Å². The van der Waals surface area contributed by atoms with Gasteiger partial charge in [-0.25, -0.2) is 0 Å². The predicted molar refractivity (Wildman–Crippen MR) is 136 cm³/mol. The molecule has 8 nitrogen and oxygen atoms in total. The molecule has 1 aromatic carbocycles. The largest absolute Gasteiger partial charge is 0.484 e. The quantitative estimate of drug-likeness (QED) is 0.237. The van der Waals surface area contributed by atoms with Gasteiger partial charge in [-0.05, 0) is 62.7 Å². The van der Waals surface area contributed by atoms with Crippen LogP contribution in [0, 0.1) is 0 Å². The van der Waals surface area contributed by atoms with E-state index < -0.39 is 0 Å². The zero-order chi connectivity index (χ0) is 21.9. The lowest BCUT2D eigenvalue weighted by molar-refractivity contribution is -0.122. The van der Waals surface area contributed by atoms with E-state index in [-0.39, 0.29) is 42.5 Å². The Morgan fingerprint density at radius 2 is 2.00 bits per heavy atom. The number of nitrogens with one attached hydrogen (secondary N) is 3. The van der Waals surface area contributed by atoms with Crippen molar-refractivity contribution in [2.24, 2.45) is 4.99 Å². The lowest BCUT2D eigenvalue weighted by Gasteiger charge is -2.26. The topological polar surface area (TPSA) is 91.1 Å². The molecule has 3 N–H and O–H groups in total. The Labute approximate surface area is 207 Å². The summed E-state index contributed by atoms with van der Waals surface area (Å²) in [4.78, 5) is 18.4. The Kier molecular flexibility index (Phi) is 11.4. The van der Waals surface area contributed by atoms with Crippen LogP contribution >= 0.6 is 24.0 Å². The van der Waals surface area contributed by atoms with Gasteiger partial charge in [0.05, 0.1) is 12.3 Å². The molecule has 2 heterocycles. The summed E-state index contributed by atoms with van der Waals surface area (Å²) in [6, 6.07) is 11.9. The third-order valence-electron chi connectivity index (χ3n) is 5.24. The predicted octanol–water partition coefficient (Wildman–Crippen LogP) is 2.91. The van der Waals surface area contributed by atoms with Gasteiger partial charge in [-0.2, -0.15) is 0 Å². The Morgan fingerprint density at radius 1 is 1.19 bits per heavy atom. The fraction of sp³-hybridized carbons (Fsp3) is 0.478. The summed E-state index contributed by atoms with van der Waals surface area (Å²) in [5.74, 6) is 2.24. The van der Waals surface area contributed by atoms with Crippen LogP contribution in [0.3, 0.4) is 0 Å². The summed E-state index contributed by atoms with van der Waals surface area (Å²) in [7, 11) is 1.76. The van der Waals surface area contributed by atoms with Crippen molar-refractivity contribution in [3.05, 3.63) is 54.0 Å². The number of furan rings is 1. The van der Waals surface area contributed by atoms with Gasteiger partial charge in [0.2, 0.25) is 0 Å². The van der Waals surface area contributed by atoms with E-state index in [9.17, 15) is 4.79 Å². The van der Waals surface area contributed by atoms with Crippen molar-refractivity contribution in [1.82, 2.24) is 20.9 Å². The van der Waals surface area contributed by atoms with Gasteiger partial charge >= 0.3 is 0 Å². The number of nitrogens with zero attached hydrogens (tertiary/aromatic N) is 2. The first-order valence-corrected chi connectivity index (χ1v) is 10.9. The molecule has 3 rings (SSSR count). The van der Waals surface area contributed by atoms with Crippen molar-refractivity contribution in [2.75, 3.05) is 39.8 Å². The third-order valence-corrected chi connectivity index (χ3v) is 5.24. The van der Waals surface area contributed by atoms with Gasteiger partial charge in [-0.1, -0.05) is 12.1 Å². The molecular weight excluding hydrogens is 521 g/mol. The first-order valence-electron chi connectivity index (χ1n) is 10.9. The fourth-order valence-electron chi connectivity index (χ4n) is 3.69. The van der Waals surface area contributed by atoms with Crippen molar-refractivity contribution in [1.29, 1.82) is 0 Å². The monoisotopic (exact) mass is 555 g/mol. The molecule has 0 aliphatic carbocycles. The first kappa shape index (κ1) is 26.0. The number of amides is 1. The second-order valence-electron chi connectivity index (χ2n) is 7.47. The van der Waals surface area contributed by atoms with E-state index >= 15 is 0 Å². The zero-order valence-corrected chi connectivity index (χ0v) is 21.1. The lowest BCUT2D eigenvalue weighted by atomic mass is 10.2. The minimum atomic E-state index is -0.125. The lowest BCUT2D eigenvalue weighted by Crippen LogP contribution is -2.42. The molecule has 32 heavy (non-hydrogen) atoms. The average molecular weight is 555 g/mol. The number of benzene rings is 1. The van der Waals surface area contributed by atoms with Crippen LogP contribution in [0.2, 0.25) is 0 Å². The molecule has 0 spiro atoms. The Bertz CT molecular complexity index is 838. The maximum atomic E-state index is 11.6. The van der Waals surface area contributed by atoms with Crippen LogP contribution in [0.25, 0.3) is 0 Å². The molecule has 9 heteroatoms. The number of ether oxygens (including phenoxy) is 1. The molecule has 1 atom stereocenters. The number of hydrogen-bond donors (Lipinski definition) is 3. The molecular formula is C23H34IN5O3. The van der Waals surface area contributed by atoms with Crippen molar-refractivity contribution in [3.8, 4) is 5.75 Å². The first-order chi connectivity index (χ1) is 15.2. The molecule has 1 saturated heterocycles. The number of rotatable bonds is 10. The third kappa shape index (κ3) is 8.01. The molecule has 1 aliphatic rings. The van der Waals surface area contributed by atoms with Crippen LogP contribution in [0.4, 0.5) is 0 Å². The van der Waals surface area contributed by atoms with Crippen LogP contribution < -0.4 is 20.7 Å². The number of halogens is 1. The molecule has 1 amide bonds. The van der Waals surface area contributed by atoms with E-state index in [1.54, 1.807) is 13.3 Å². The minimum Gasteiger partial charge on any atom is -0.484 e. The smallest absolute Gasteiger partial charge is 0.257 e. The van der Waals surface area contributed by atoms with E-state index in [1.807, 2.05) is 43.3 Å². The standard InChI is InChI=1S/C23H33N5O3.HI/c1-3-25-22(29)17-31-19-9-6-8-18(14-19)15-26-23(24-2)27-16-20(21-10-7-13-30-21)28-11-4-5-12-28;/h6-10,13-14,20H,3-5,11-12,15-17H2,1-2H3,(H,25,29)(H2,24,26,27);1H. The molecule has 176 valence electrons. The van der Waals surface area contributed by atoms with Crippen molar-refractivity contribution >= 4 is 35.8 Å². The van der Waals surface area contributed by atoms with Gasteiger partial charge in [0.1, 0.15) is 11.5 Å². The molecule has 1 aliphatic heterocycles. The minimum absolute atomic E-state index is 0. The van der Waals surface area contributed by atoms with Crippen molar-refractivity contribution < 1.29 is 13.9 Å². The fourth-order valence-corrected chi connectivity index (χ4v) is 3.69. The van der Waals surface area contributed by atoms with E-state index in [4.69, 9.17) is 9.15 Å². The van der Waals surface area contributed by atoms with Gasteiger partial charge in [0.25, 0.3) is 5.91 Å². The van der Waals surface area contributed by atoms with Gasteiger partial charge in [0.15, 0.2) is 12.6 Å². The van der Waals surface area contributed by atoms with E-state index in [1.165, 1.54) is 12.8 Å². The Hall–Kier alpha value is -2.27. The molecule has 0 saturated carbocycles. The van der Waals surface area contributed by atoms with E-state index in [0.717, 1.165) is 30.4 Å². The average Bonchev–Trinajstić information content (AvgIpc) is 3.50.